The zero-order chi connectivity index (χ0) is 19.0. The molecule has 0 fully saturated rings. The molecule has 10 heteroatoms. The third-order valence-electron chi connectivity index (χ3n) is 3.81. The van der Waals surface area contributed by atoms with E-state index in [0.29, 0.717) is 6.07 Å². The molecular formula is C16H11BrF3NO5. The number of benzene rings is 2. The van der Waals surface area contributed by atoms with E-state index in [4.69, 9.17) is 14.2 Å². The number of ether oxygens (including phenoxy) is 3. The molecule has 1 unspecified atom stereocenters. The molecule has 0 saturated heterocycles. The van der Waals surface area contributed by atoms with Gasteiger partial charge < -0.3 is 14.2 Å². The molecule has 0 spiro atoms. The topological polar surface area (TPSA) is 70.8 Å². The molecule has 0 aromatic heterocycles. The highest BCUT2D eigenvalue weighted by Crippen LogP contribution is 2.44. The lowest BCUT2D eigenvalue weighted by Crippen LogP contribution is -2.21. The maximum absolute atomic E-state index is 14.3. The normalized spacial score (nSPS) is 15.8. The summed E-state index contributed by atoms with van der Waals surface area (Å²) in [5.74, 6) is -3.80. The Bertz CT molecular complexity index is 893. The van der Waals surface area contributed by atoms with Crippen molar-refractivity contribution in [3.8, 4) is 17.2 Å². The van der Waals surface area contributed by atoms with Crippen LogP contribution >= 0.6 is 15.9 Å². The van der Waals surface area contributed by atoms with Gasteiger partial charge in [-0.15, -0.1) is 0 Å². The van der Waals surface area contributed by atoms with Gasteiger partial charge in [0.2, 0.25) is 5.75 Å². The molecule has 2 aromatic carbocycles. The minimum Gasteiger partial charge on any atom is -0.494 e. The van der Waals surface area contributed by atoms with E-state index >= 15 is 0 Å². The number of nitrogens with zero attached hydrogens (tertiary/aromatic N) is 1. The molecule has 0 amide bonds. The average Bonchev–Trinajstić information content (AvgIpc) is 2.60. The Labute approximate surface area is 153 Å². The molecule has 1 aliphatic heterocycles. The maximum Gasteiger partial charge on any atom is 0.314 e. The number of nitro groups is 1. The van der Waals surface area contributed by atoms with Crippen molar-refractivity contribution in [3.05, 3.63) is 55.8 Å². The first-order chi connectivity index (χ1) is 12.3. The van der Waals surface area contributed by atoms with Crippen LogP contribution in [0, 0.1) is 27.6 Å². The Balaban J connectivity index is 2.08. The highest BCUT2D eigenvalue weighted by Gasteiger charge is 2.33. The van der Waals surface area contributed by atoms with Gasteiger partial charge in [-0.25, -0.2) is 13.2 Å². The predicted octanol–water partition coefficient (Wildman–Crippen LogP) is 4.69. The van der Waals surface area contributed by atoms with Crippen LogP contribution in [0.3, 0.4) is 0 Å². The number of nitro benzene ring substituents is 1. The van der Waals surface area contributed by atoms with Crippen LogP contribution in [-0.2, 0) is 0 Å². The number of hydrogen-bond acceptors (Lipinski definition) is 5. The zero-order valence-electron chi connectivity index (χ0n) is 13.2. The second kappa shape index (κ2) is 7.02. The first-order valence-corrected chi connectivity index (χ1v) is 8.11. The van der Waals surface area contributed by atoms with Crippen molar-refractivity contribution in [1.82, 2.24) is 0 Å². The van der Waals surface area contributed by atoms with Crippen molar-refractivity contribution >= 4 is 21.6 Å². The average molecular weight is 434 g/mol. The Morgan fingerprint density at radius 1 is 1.23 bits per heavy atom. The fraction of sp³-hybridized carbons (Fsp3) is 0.250. The molecular weight excluding hydrogens is 423 g/mol. The highest BCUT2D eigenvalue weighted by molar-refractivity contribution is 9.10. The quantitative estimate of drug-likeness (QED) is 0.397. The van der Waals surface area contributed by atoms with Gasteiger partial charge in [0.25, 0.3) is 0 Å². The van der Waals surface area contributed by atoms with Gasteiger partial charge in [-0.05, 0) is 22.0 Å². The largest absolute Gasteiger partial charge is 0.494 e. The van der Waals surface area contributed by atoms with Crippen molar-refractivity contribution in [1.29, 1.82) is 0 Å². The number of hydrogen-bond donors (Lipinski definition) is 0. The summed E-state index contributed by atoms with van der Waals surface area (Å²) in [6.07, 6.45) is -0.962. The van der Waals surface area contributed by atoms with Gasteiger partial charge in [0.05, 0.1) is 34.7 Å². The molecule has 26 heavy (non-hydrogen) atoms. The standard InChI is InChI=1S/C16H11BrF3NO5/c1-24-12-6-13(10(21(22)23)5-8(12)18)26-11-2-3-25-16-7(17)4-9(19)15(20)14(11)16/h4-6,11H,2-3H2,1H3. The smallest absolute Gasteiger partial charge is 0.314 e. The third kappa shape index (κ3) is 3.16. The fourth-order valence-corrected chi connectivity index (χ4v) is 3.16. The van der Waals surface area contributed by atoms with Gasteiger partial charge in [-0.2, -0.15) is 0 Å². The highest BCUT2D eigenvalue weighted by atomic mass is 79.9. The summed E-state index contributed by atoms with van der Waals surface area (Å²) >= 11 is 3.08. The molecule has 1 aliphatic rings. The Morgan fingerprint density at radius 3 is 2.62 bits per heavy atom. The monoisotopic (exact) mass is 433 g/mol. The predicted molar refractivity (Wildman–Crippen MR) is 87.1 cm³/mol. The van der Waals surface area contributed by atoms with E-state index in [-0.39, 0.29) is 40.3 Å². The number of halogens is 4. The van der Waals surface area contributed by atoms with Crippen molar-refractivity contribution in [2.75, 3.05) is 13.7 Å². The molecule has 1 atom stereocenters. The zero-order valence-corrected chi connectivity index (χ0v) is 14.8. The first kappa shape index (κ1) is 18.3. The van der Waals surface area contributed by atoms with E-state index in [1.54, 1.807) is 0 Å². The molecule has 2 aromatic rings. The van der Waals surface area contributed by atoms with E-state index in [2.05, 4.69) is 15.9 Å². The fourth-order valence-electron chi connectivity index (χ4n) is 2.63. The van der Waals surface area contributed by atoms with Crippen molar-refractivity contribution < 1.29 is 32.3 Å². The SMILES string of the molecule is COc1cc(OC2CCOc3c(Br)cc(F)c(F)c32)c([N+](=O)[O-])cc1F. The van der Waals surface area contributed by atoms with E-state index < -0.39 is 34.2 Å². The van der Waals surface area contributed by atoms with Crippen molar-refractivity contribution in [3.63, 3.8) is 0 Å². The second-order valence-electron chi connectivity index (χ2n) is 5.35. The number of rotatable bonds is 4. The van der Waals surface area contributed by atoms with E-state index in [1.165, 1.54) is 7.11 Å². The van der Waals surface area contributed by atoms with Gasteiger partial charge in [-0.3, -0.25) is 10.1 Å². The molecule has 6 nitrogen and oxygen atoms in total. The number of fused-ring (bicyclic) bond motifs is 1. The maximum atomic E-state index is 14.3. The Kier molecular flexibility index (Phi) is 4.94. The third-order valence-corrected chi connectivity index (χ3v) is 4.40. The summed E-state index contributed by atoms with van der Waals surface area (Å²) in [5, 5.41) is 11.2. The Morgan fingerprint density at radius 2 is 1.96 bits per heavy atom. The summed E-state index contributed by atoms with van der Waals surface area (Å²) in [4.78, 5) is 10.4. The molecule has 3 rings (SSSR count). The van der Waals surface area contributed by atoms with Gasteiger partial charge in [0, 0.05) is 12.5 Å². The molecule has 0 radical (unpaired) electrons. The van der Waals surface area contributed by atoms with Crippen molar-refractivity contribution in [2.24, 2.45) is 0 Å². The lowest BCUT2D eigenvalue weighted by molar-refractivity contribution is -0.386. The van der Waals surface area contributed by atoms with Crippen LogP contribution in [-0.4, -0.2) is 18.6 Å². The van der Waals surface area contributed by atoms with Crippen LogP contribution in [0.1, 0.15) is 18.1 Å². The van der Waals surface area contributed by atoms with Crippen LogP contribution in [0.15, 0.2) is 22.7 Å². The first-order valence-electron chi connectivity index (χ1n) is 7.32. The van der Waals surface area contributed by atoms with Crippen LogP contribution in [0.5, 0.6) is 17.2 Å². The van der Waals surface area contributed by atoms with Gasteiger partial charge in [0.15, 0.2) is 23.2 Å². The molecule has 0 aliphatic carbocycles. The molecule has 0 N–H and O–H groups in total. The molecule has 138 valence electrons. The Hall–Kier alpha value is -2.49. The summed E-state index contributed by atoms with van der Waals surface area (Å²) in [5.41, 5.74) is -0.868. The summed E-state index contributed by atoms with van der Waals surface area (Å²) in [6, 6.07) is 2.56. The summed E-state index contributed by atoms with van der Waals surface area (Å²) < 4.78 is 57.7. The minimum atomic E-state index is -1.18. The van der Waals surface area contributed by atoms with Gasteiger partial charge >= 0.3 is 5.69 Å². The van der Waals surface area contributed by atoms with Crippen LogP contribution < -0.4 is 14.2 Å². The lowest BCUT2D eigenvalue weighted by Gasteiger charge is -2.27. The lowest BCUT2D eigenvalue weighted by atomic mass is 10.0. The van der Waals surface area contributed by atoms with Crippen LogP contribution in [0.25, 0.3) is 0 Å². The van der Waals surface area contributed by atoms with Crippen LogP contribution in [0.4, 0.5) is 18.9 Å². The molecule has 0 bridgehead atoms. The summed E-state index contributed by atoms with van der Waals surface area (Å²) in [7, 11) is 1.18. The van der Waals surface area contributed by atoms with Crippen LogP contribution in [0.2, 0.25) is 0 Å². The minimum absolute atomic E-state index is 0.0527. The molecule has 0 saturated carbocycles. The van der Waals surface area contributed by atoms with Crippen molar-refractivity contribution in [2.45, 2.75) is 12.5 Å². The van der Waals surface area contributed by atoms with E-state index in [0.717, 1.165) is 12.1 Å². The second-order valence-corrected chi connectivity index (χ2v) is 6.21. The summed E-state index contributed by atoms with van der Waals surface area (Å²) in [6.45, 7) is 0.119. The van der Waals surface area contributed by atoms with Gasteiger partial charge in [0.1, 0.15) is 11.9 Å². The number of methoxy groups -OCH3 is 1. The van der Waals surface area contributed by atoms with E-state index in [9.17, 15) is 23.3 Å². The molecule has 1 heterocycles. The van der Waals surface area contributed by atoms with E-state index in [1.807, 2.05) is 0 Å². The van der Waals surface area contributed by atoms with Gasteiger partial charge in [-0.1, -0.05) is 0 Å².